The maximum Gasteiger partial charge on any atom is 0.389 e. The largest absolute Gasteiger partial charge is 0.389 e. The lowest BCUT2D eigenvalue weighted by molar-refractivity contribution is -0.135. The zero-order valence-corrected chi connectivity index (χ0v) is 10.4. The minimum atomic E-state index is -4.20. The van der Waals surface area contributed by atoms with Gasteiger partial charge in [-0.2, -0.15) is 13.2 Å². The summed E-state index contributed by atoms with van der Waals surface area (Å²) in [5.41, 5.74) is 0.0745. The van der Waals surface area contributed by atoms with Crippen molar-refractivity contribution in [2.75, 3.05) is 18.4 Å². The van der Waals surface area contributed by atoms with Gasteiger partial charge in [0.25, 0.3) is 5.91 Å². The van der Waals surface area contributed by atoms with E-state index in [-0.39, 0.29) is 18.7 Å². The maximum absolute atomic E-state index is 11.9. The van der Waals surface area contributed by atoms with Crippen LogP contribution in [0.15, 0.2) is 12.4 Å². The molecule has 0 atom stereocenters. The van der Waals surface area contributed by atoms with Crippen LogP contribution in [0.3, 0.4) is 0 Å². The van der Waals surface area contributed by atoms with Crippen molar-refractivity contribution in [1.82, 2.24) is 15.3 Å². The first-order valence-electron chi connectivity index (χ1n) is 5.83. The Hall–Kier alpha value is -1.86. The molecule has 0 saturated heterocycles. The Kier molecular flexibility index (Phi) is 5.53. The average molecular weight is 276 g/mol. The van der Waals surface area contributed by atoms with Crippen LogP contribution in [-0.2, 0) is 0 Å². The number of rotatable bonds is 6. The van der Waals surface area contributed by atoms with Crippen LogP contribution in [0.25, 0.3) is 0 Å². The molecule has 5 nitrogen and oxygen atoms in total. The van der Waals surface area contributed by atoms with Crippen LogP contribution in [0.1, 0.15) is 30.3 Å². The van der Waals surface area contributed by atoms with Crippen LogP contribution in [0.2, 0.25) is 0 Å². The summed E-state index contributed by atoms with van der Waals surface area (Å²) >= 11 is 0. The van der Waals surface area contributed by atoms with Gasteiger partial charge in [0.2, 0.25) is 0 Å². The molecular weight excluding hydrogens is 261 g/mol. The van der Waals surface area contributed by atoms with E-state index in [1.165, 1.54) is 12.4 Å². The van der Waals surface area contributed by atoms with Crippen molar-refractivity contribution in [3.05, 3.63) is 18.1 Å². The lowest BCUT2D eigenvalue weighted by atomic mass is 10.3. The number of nitrogens with zero attached hydrogens (tertiary/aromatic N) is 2. The predicted molar refractivity (Wildman–Crippen MR) is 63.8 cm³/mol. The van der Waals surface area contributed by atoms with Gasteiger partial charge in [0.15, 0.2) is 0 Å². The smallest absolute Gasteiger partial charge is 0.369 e. The topological polar surface area (TPSA) is 66.9 Å². The van der Waals surface area contributed by atoms with Crippen molar-refractivity contribution in [2.24, 2.45) is 0 Å². The van der Waals surface area contributed by atoms with E-state index in [2.05, 4.69) is 20.6 Å². The molecule has 1 aromatic rings. The fourth-order valence-corrected chi connectivity index (χ4v) is 1.32. The minimum Gasteiger partial charge on any atom is -0.369 e. The Morgan fingerprint density at radius 3 is 2.74 bits per heavy atom. The second kappa shape index (κ2) is 6.91. The van der Waals surface area contributed by atoms with Crippen LogP contribution in [0.5, 0.6) is 0 Å². The normalized spacial score (nSPS) is 11.2. The number of carbonyl (C=O) groups excluding carboxylic acids is 1. The molecule has 0 aliphatic rings. The summed E-state index contributed by atoms with van der Waals surface area (Å²) in [5.74, 6) is -0.0835. The average Bonchev–Trinajstić information content (AvgIpc) is 2.34. The van der Waals surface area contributed by atoms with Crippen LogP contribution < -0.4 is 10.6 Å². The quantitative estimate of drug-likeness (QED) is 0.780. The molecule has 0 unspecified atom stereocenters. The van der Waals surface area contributed by atoms with Gasteiger partial charge in [-0.15, -0.1) is 0 Å². The van der Waals surface area contributed by atoms with E-state index in [0.29, 0.717) is 12.4 Å². The molecule has 2 N–H and O–H groups in total. The Balaban J connectivity index is 2.43. The van der Waals surface area contributed by atoms with Gasteiger partial charge in [-0.05, 0) is 13.3 Å². The molecule has 0 radical (unpaired) electrons. The molecule has 0 fully saturated rings. The molecule has 1 aromatic heterocycles. The molecule has 106 valence electrons. The molecule has 1 rings (SSSR count). The fourth-order valence-electron chi connectivity index (χ4n) is 1.32. The highest BCUT2D eigenvalue weighted by Crippen LogP contribution is 2.20. The van der Waals surface area contributed by atoms with Crippen molar-refractivity contribution >= 4 is 11.7 Å². The maximum atomic E-state index is 11.9. The molecule has 1 heterocycles. The highest BCUT2D eigenvalue weighted by Gasteiger charge is 2.26. The fraction of sp³-hybridized carbons (Fsp3) is 0.545. The number of hydrogen-bond donors (Lipinski definition) is 2. The minimum absolute atomic E-state index is 0.0501. The van der Waals surface area contributed by atoms with Crippen molar-refractivity contribution in [3.63, 3.8) is 0 Å². The van der Waals surface area contributed by atoms with Gasteiger partial charge >= 0.3 is 6.18 Å². The molecule has 19 heavy (non-hydrogen) atoms. The lowest BCUT2D eigenvalue weighted by Gasteiger charge is -2.08. The van der Waals surface area contributed by atoms with E-state index < -0.39 is 18.5 Å². The molecule has 0 bridgehead atoms. The zero-order chi connectivity index (χ0) is 14.3. The third-order valence-corrected chi connectivity index (χ3v) is 2.15. The Bertz CT molecular complexity index is 423. The number of alkyl halides is 3. The third kappa shape index (κ3) is 6.03. The highest BCUT2D eigenvalue weighted by molar-refractivity contribution is 5.92. The number of carbonyl (C=O) groups is 1. The monoisotopic (exact) mass is 276 g/mol. The van der Waals surface area contributed by atoms with Gasteiger partial charge in [0.05, 0.1) is 12.4 Å². The van der Waals surface area contributed by atoms with Crippen molar-refractivity contribution in [1.29, 1.82) is 0 Å². The molecule has 1 amide bonds. The van der Waals surface area contributed by atoms with E-state index in [1.807, 2.05) is 6.92 Å². The SMILES string of the molecule is CCNc1cncc(C(=O)NCCCC(F)(F)F)n1. The molecule has 0 aliphatic carbocycles. The van der Waals surface area contributed by atoms with Gasteiger partial charge in [-0.1, -0.05) is 0 Å². The van der Waals surface area contributed by atoms with Crippen LogP contribution in [0.4, 0.5) is 19.0 Å². The van der Waals surface area contributed by atoms with Gasteiger partial charge in [-0.3, -0.25) is 9.78 Å². The van der Waals surface area contributed by atoms with Crippen LogP contribution in [-0.4, -0.2) is 35.1 Å². The molecule has 0 spiro atoms. The summed E-state index contributed by atoms with van der Waals surface area (Å²) in [6, 6.07) is 0. The number of hydrogen-bond acceptors (Lipinski definition) is 4. The van der Waals surface area contributed by atoms with E-state index in [1.54, 1.807) is 0 Å². The zero-order valence-electron chi connectivity index (χ0n) is 10.4. The summed E-state index contributed by atoms with van der Waals surface area (Å²) in [6.45, 7) is 2.45. The Morgan fingerprint density at radius 2 is 2.11 bits per heavy atom. The number of halogens is 3. The second-order valence-electron chi connectivity index (χ2n) is 3.79. The molecule has 8 heteroatoms. The van der Waals surface area contributed by atoms with Gasteiger partial charge < -0.3 is 10.6 Å². The van der Waals surface area contributed by atoms with Crippen molar-refractivity contribution < 1.29 is 18.0 Å². The summed E-state index contributed by atoms with van der Waals surface area (Å²) in [4.78, 5) is 19.4. The summed E-state index contributed by atoms with van der Waals surface area (Å²) < 4.78 is 35.7. The first-order valence-corrected chi connectivity index (χ1v) is 5.83. The van der Waals surface area contributed by atoms with Crippen LogP contribution in [0, 0.1) is 0 Å². The van der Waals surface area contributed by atoms with E-state index in [9.17, 15) is 18.0 Å². The van der Waals surface area contributed by atoms with E-state index in [0.717, 1.165) is 0 Å². The number of amides is 1. The number of aromatic nitrogens is 2. The lowest BCUT2D eigenvalue weighted by Crippen LogP contribution is -2.26. The summed E-state index contributed by atoms with van der Waals surface area (Å²) in [6.07, 6.45) is -2.55. The third-order valence-electron chi connectivity index (χ3n) is 2.15. The second-order valence-corrected chi connectivity index (χ2v) is 3.79. The van der Waals surface area contributed by atoms with Gasteiger partial charge in [0.1, 0.15) is 11.5 Å². The standard InChI is InChI=1S/C11H15F3N4O/c1-2-16-9-7-15-6-8(18-9)10(19)17-5-3-4-11(12,13)14/h6-7H,2-5H2,1H3,(H,16,18)(H,17,19). The first kappa shape index (κ1) is 15.2. The first-order chi connectivity index (χ1) is 8.92. The Morgan fingerprint density at radius 1 is 1.37 bits per heavy atom. The summed E-state index contributed by atoms with van der Waals surface area (Å²) in [7, 11) is 0. The van der Waals surface area contributed by atoms with Crippen molar-refractivity contribution in [2.45, 2.75) is 25.9 Å². The van der Waals surface area contributed by atoms with Crippen LogP contribution >= 0.6 is 0 Å². The summed E-state index contributed by atoms with van der Waals surface area (Å²) in [5, 5.41) is 5.26. The number of nitrogens with one attached hydrogen (secondary N) is 2. The van der Waals surface area contributed by atoms with E-state index >= 15 is 0 Å². The Labute approximate surface area is 108 Å². The number of anilines is 1. The molecule has 0 aliphatic heterocycles. The highest BCUT2D eigenvalue weighted by atomic mass is 19.4. The predicted octanol–water partition coefficient (Wildman–Crippen LogP) is 1.98. The molecule has 0 saturated carbocycles. The van der Waals surface area contributed by atoms with Gasteiger partial charge in [-0.25, -0.2) is 4.98 Å². The van der Waals surface area contributed by atoms with Gasteiger partial charge in [0, 0.05) is 19.5 Å². The molecular formula is C11H15F3N4O. The molecule has 0 aromatic carbocycles. The van der Waals surface area contributed by atoms with Crippen molar-refractivity contribution in [3.8, 4) is 0 Å². The van der Waals surface area contributed by atoms with E-state index in [4.69, 9.17) is 0 Å².